The molecule has 0 spiro atoms. The monoisotopic (exact) mass is 564 g/mol. The van der Waals surface area contributed by atoms with Crippen molar-refractivity contribution in [3.63, 3.8) is 0 Å². The van der Waals surface area contributed by atoms with Crippen LogP contribution in [0.15, 0.2) is 23.2 Å². The second kappa shape index (κ2) is 13.0. The average molecular weight is 565 g/mol. The summed E-state index contributed by atoms with van der Waals surface area (Å²) < 4.78 is 16.5. The number of nitrogens with zero attached hydrogens (tertiary/aromatic N) is 3. The Morgan fingerprint density at radius 1 is 1.29 bits per heavy atom. The van der Waals surface area contributed by atoms with Crippen LogP contribution in [-0.4, -0.2) is 93.5 Å². The second-order valence-electron chi connectivity index (χ2n) is 7.83. The van der Waals surface area contributed by atoms with Crippen LogP contribution in [0.2, 0.25) is 0 Å². The summed E-state index contributed by atoms with van der Waals surface area (Å²) in [5, 5.41) is 3.47. The molecular weight excluding hydrogens is 527 g/mol. The van der Waals surface area contributed by atoms with Crippen molar-refractivity contribution in [2.75, 3.05) is 72.2 Å². The van der Waals surface area contributed by atoms with Crippen LogP contribution < -0.4 is 14.8 Å². The Kier molecular flexibility index (Phi) is 11.0. The molecule has 3 rings (SSSR count). The van der Waals surface area contributed by atoms with Gasteiger partial charge in [-0.1, -0.05) is 0 Å². The molecule has 2 saturated heterocycles. The van der Waals surface area contributed by atoms with Gasteiger partial charge in [-0.25, -0.2) is 0 Å². The van der Waals surface area contributed by atoms with E-state index in [1.54, 1.807) is 14.2 Å². The fraction of sp³-hybridized carbons (Fsp3) is 0.682. The summed E-state index contributed by atoms with van der Waals surface area (Å²) in [4.78, 5) is 9.88. The largest absolute Gasteiger partial charge is 0.497 e. The lowest BCUT2D eigenvalue weighted by atomic mass is 9.96. The van der Waals surface area contributed by atoms with Crippen LogP contribution in [0.1, 0.15) is 18.9 Å². The highest BCUT2D eigenvalue weighted by Gasteiger charge is 2.40. The number of ether oxygens (including phenoxy) is 3. The van der Waals surface area contributed by atoms with Gasteiger partial charge < -0.3 is 24.4 Å². The van der Waals surface area contributed by atoms with Crippen molar-refractivity contribution >= 4 is 41.7 Å². The van der Waals surface area contributed by atoms with Crippen molar-refractivity contribution in [1.29, 1.82) is 0 Å². The van der Waals surface area contributed by atoms with Gasteiger partial charge in [-0.15, -0.1) is 24.0 Å². The molecule has 0 aliphatic carbocycles. The van der Waals surface area contributed by atoms with Crippen LogP contribution >= 0.6 is 35.7 Å². The van der Waals surface area contributed by atoms with Gasteiger partial charge >= 0.3 is 0 Å². The number of methoxy groups -OCH3 is 2. The third-order valence-corrected chi connectivity index (χ3v) is 7.12. The first-order chi connectivity index (χ1) is 14.6. The predicted octanol–water partition coefficient (Wildman–Crippen LogP) is 2.93. The Morgan fingerprint density at radius 3 is 2.68 bits per heavy atom. The third kappa shape index (κ3) is 6.79. The summed E-state index contributed by atoms with van der Waals surface area (Å²) in [5.41, 5.74) is 1.25. The molecule has 1 N–H and O–H groups in total. The maximum Gasteiger partial charge on any atom is 0.194 e. The molecular formula is C22H37IN4O3S. The highest BCUT2D eigenvalue weighted by atomic mass is 127. The van der Waals surface area contributed by atoms with Gasteiger partial charge in [0.2, 0.25) is 0 Å². The number of rotatable bonds is 8. The first-order valence-corrected chi connectivity index (χ1v) is 11.9. The van der Waals surface area contributed by atoms with E-state index in [0.29, 0.717) is 6.54 Å². The van der Waals surface area contributed by atoms with E-state index in [1.807, 2.05) is 23.9 Å². The minimum Gasteiger partial charge on any atom is -0.497 e. The van der Waals surface area contributed by atoms with Crippen molar-refractivity contribution in [3.8, 4) is 11.5 Å². The van der Waals surface area contributed by atoms with Gasteiger partial charge in [0.25, 0.3) is 0 Å². The SMILES string of the molecule is CCNC(=NCC1(N2CCOCC2)CCSC1)N(C)Cc1ccc(OC)cc1OC.I. The summed E-state index contributed by atoms with van der Waals surface area (Å²) in [5.74, 6) is 4.91. The third-order valence-electron chi connectivity index (χ3n) is 5.89. The minimum atomic E-state index is 0. The van der Waals surface area contributed by atoms with Crippen LogP contribution in [0.4, 0.5) is 0 Å². The molecule has 1 aromatic rings. The number of nitrogens with one attached hydrogen (secondary N) is 1. The Hall–Kier alpha value is -0.910. The van der Waals surface area contributed by atoms with Gasteiger partial charge in [0.05, 0.1) is 39.5 Å². The van der Waals surface area contributed by atoms with Crippen molar-refractivity contribution < 1.29 is 14.2 Å². The van der Waals surface area contributed by atoms with E-state index in [0.717, 1.165) is 68.2 Å². The summed E-state index contributed by atoms with van der Waals surface area (Å²) >= 11 is 2.04. The molecule has 0 saturated carbocycles. The van der Waals surface area contributed by atoms with Crippen molar-refractivity contribution in [1.82, 2.24) is 15.1 Å². The van der Waals surface area contributed by atoms with Crippen LogP contribution in [0, 0.1) is 0 Å². The summed E-state index contributed by atoms with van der Waals surface area (Å²) in [6.07, 6.45) is 1.19. The highest BCUT2D eigenvalue weighted by molar-refractivity contribution is 14.0. The number of thioether (sulfide) groups is 1. The molecule has 0 amide bonds. The van der Waals surface area contributed by atoms with E-state index in [1.165, 1.54) is 12.2 Å². The van der Waals surface area contributed by atoms with Gasteiger partial charge in [0, 0.05) is 50.6 Å². The highest BCUT2D eigenvalue weighted by Crippen LogP contribution is 2.34. The molecule has 31 heavy (non-hydrogen) atoms. The van der Waals surface area contributed by atoms with E-state index >= 15 is 0 Å². The summed E-state index contributed by atoms with van der Waals surface area (Å²) in [6, 6.07) is 5.95. The zero-order chi connectivity index (χ0) is 21.4. The number of morpholine rings is 1. The number of halogens is 1. The molecule has 9 heteroatoms. The van der Waals surface area contributed by atoms with E-state index in [-0.39, 0.29) is 29.5 Å². The average Bonchev–Trinajstić information content (AvgIpc) is 3.27. The topological polar surface area (TPSA) is 58.6 Å². The van der Waals surface area contributed by atoms with Gasteiger partial charge in [0.1, 0.15) is 11.5 Å². The van der Waals surface area contributed by atoms with Crippen LogP contribution in [0.25, 0.3) is 0 Å². The lowest BCUT2D eigenvalue weighted by molar-refractivity contribution is -0.0105. The molecule has 2 fully saturated rings. The normalized spacial score (nSPS) is 22.0. The molecule has 2 aliphatic heterocycles. The Balaban J connectivity index is 0.00000341. The van der Waals surface area contributed by atoms with Gasteiger partial charge in [-0.2, -0.15) is 11.8 Å². The molecule has 2 aliphatic rings. The number of aliphatic imine (C=N–C) groups is 1. The zero-order valence-electron chi connectivity index (χ0n) is 19.2. The number of hydrogen-bond donors (Lipinski definition) is 1. The molecule has 0 bridgehead atoms. The zero-order valence-corrected chi connectivity index (χ0v) is 22.3. The molecule has 0 radical (unpaired) electrons. The lowest BCUT2D eigenvalue weighted by Crippen LogP contribution is -2.56. The van der Waals surface area contributed by atoms with Crippen LogP contribution in [0.3, 0.4) is 0 Å². The molecule has 1 atom stereocenters. The van der Waals surface area contributed by atoms with Crippen LogP contribution in [-0.2, 0) is 11.3 Å². The molecule has 0 aromatic heterocycles. The molecule has 1 unspecified atom stereocenters. The number of benzene rings is 1. The van der Waals surface area contributed by atoms with Crippen molar-refractivity contribution in [3.05, 3.63) is 23.8 Å². The maximum atomic E-state index is 5.59. The molecule has 7 nitrogen and oxygen atoms in total. The first-order valence-electron chi connectivity index (χ1n) is 10.7. The number of hydrogen-bond acceptors (Lipinski definition) is 6. The van der Waals surface area contributed by atoms with E-state index in [2.05, 4.69) is 35.2 Å². The quantitative estimate of drug-likeness (QED) is 0.296. The Bertz CT molecular complexity index is 710. The maximum absolute atomic E-state index is 5.59. The van der Waals surface area contributed by atoms with Gasteiger partial charge in [-0.3, -0.25) is 9.89 Å². The Labute approximate surface area is 208 Å². The molecule has 176 valence electrons. The lowest BCUT2D eigenvalue weighted by Gasteiger charge is -2.42. The number of guanidine groups is 1. The van der Waals surface area contributed by atoms with Gasteiger partial charge in [0.15, 0.2) is 5.96 Å². The predicted molar refractivity (Wildman–Crippen MR) is 139 cm³/mol. The summed E-state index contributed by atoms with van der Waals surface area (Å²) in [7, 11) is 5.44. The fourth-order valence-corrected chi connectivity index (χ4v) is 5.58. The standard InChI is InChI=1S/C22H36N4O3S.HI/c1-5-23-21(25(2)15-18-6-7-19(27-3)14-20(18)28-4)24-16-22(8-13-30-17-22)26-9-11-29-12-10-26;/h6-7,14H,5,8-13,15-17H2,1-4H3,(H,23,24);1H. The van der Waals surface area contributed by atoms with Crippen molar-refractivity contribution in [2.45, 2.75) is 25.4 Å². The minimum absolute atomic E-state index is 0. The Morgan fingerprint density at radius 2 is 2.06 bits per heavy atom. The second-order valence-corrected chi connectivity index (χ2v) is 8.94. The van der Waals surface area contributed by atoms with E-state index < -0.39 is 0 Å². The molecule has 1 aromatic carbocycles. The summed E-state index contributed by atoms with van der Waals surface area (Å²) in [6.45, 7) is 8.13. The molecule has 2 heterocycles. The first kappa shape index (κ1) is 26.3. The smallest absolute Gasteiger partial charge is 0.194 e. The van der Waals surface area contributed by atoms with E-state index in [9.17, 15) is 0 Å². The van der Waals surface area contributed by atoms with Gasteiger partial charge in [-0.05, 0) is 31.2 Å². The van der Waals surface area contributed by atoms with Crippen molar-refractivity contribution in [2.24, 2.45) is 4.99 Å². The van der Waals surface area contributed by atoms with E-state index in [4.69, 9.17) is 19.2 Å². The fourth-order valence-electron chi connectivity index (χ4n) is 4.11. The van der Waals surface area contributed by atoms with Crippen LogP contribution in [0.5, 0.6) is 11.5 Å².